The molecule has 1 aromatic carbocycles. The SMILES string of the molecule is C[C@@H](c1ncncc1F)[C@](O)(CN1C=NCN1)c1ccc(F)cc1-c1ncncc1F.O=C(O)CCCO. The molecule has 0 saturated heterocycles. The summed E-state index contributed by atoms with van der Waals surface area (Å²) in [4.78, 5) is 28.9. The normalized spacial score (nSPS) is 14.9. The van der Waals surface area contributed by atoms with Crippen molar-refractivity contribution in [1.82, 2.24) is 30.4 Å². The summed E-state index contributed by atoms with van der Waals surface area (Å²) < 4.78 is 43.2. The predicted molar refractivity (Wildman–Crippen MR) is 129 cm³/mol. The summed E-state index contributed by atoms with van der Waals surface area (Å²) in [6, 6.07) is 3.53. The molecule has 2 aromatic heterocycles. The molecular weight excluding hydrogens is 507 g/mol. The third-order valence-electron chi connectivity index (χ3n) is 5.74. The third kappa shape index (κ3) is 6.85. The number of hydrogen-bond donors (Lipinski definition) is 4. The van der Waals surface area contributed by atoms with Crippen LogP contribution in [0.15, 0.2) is 48.2 Å². The number of nitrogens with zero attached hydrogens (tertiary/aromatic N) is 6. The zero-order chi connectivity index (χ0) is 27.7. The average molecular weight is 534 g/mol. The van der Waals surface area contributed by atoms with Gasteiger partial charge in [0.05, 0.1) is 24.6 Å². The second-order valence-electron chi connectivity index (χ2n) is 8.27. The number of rotatable bonds is 9. The molecule has 4 N–H and O–H groups in total. The zero-order valence-electron chi connectivity index (χ0n) is 20.3. The Morgan fingerprint density at radius 2 is 1.87 bits per heavy atom. The number of carboxylic acid groups (broad SMARTS) is 1. The molecule has 0 bridgehead atoms. The highest BCUT2D eigenvalue weighted by Gasteiger charge is 2.43. The molecule has 2 atom stereocenters. The van der Waals surface area contributed by atoms with E-state index >= 15 is 0 Å². The number of nitrogens with one attached hydrogen (secondary N) is 1. The van der Waals surface area contributed by atoms with E-state index in [1.807, 2.05) is 0 Å². The monoisotopic (exact) mass is 533 g/mol. The molecule has 0 radical (unpaired) electrons. The van der Waals surface area contributed by atoms with Crippen LogP contribution in [0.5, 0.6) is 0 Å². The van der Waals surface area contributed by atoms with E-state index in [2.05, 4.69) is 30.4 Å². The van der Waals surface area contributed by atoms with Crippen LogP contribution in [0.3, 0.4) is 0 Å². The number of aliphatic hydroxyl groups is 2. The fraction of sp³-hybridized carbons (Fsp3) is 0.333. The lowest BCUT2D eigenvalue weighted by Crippen LogP contribution is -2.47. The molecule has 11 nitrogen and oxygen atoms in total. The summed E-state index contributed by atoms with van der Waals surface area (Å²) >= 11 is 0. The van der Waals surface area contributed by atoms with E-state index < -0.39 is 34.9 Å². The lowest BCUT2D eigenvalue weighted by molar-refractivity contribution is -0.137. The minimum Gasteiger partial charge on any atom is -0.481 e. The highest BCUT2D eigenvalue weighted by atomic mass is 19.1. The van der Waals surface area contributed by atoms with Crippen LogP contribution in [0.1, 0.15) is 36.9 Å². The number of aliphatic carboxylic acids is 1. The topological polar surface area (TPSA) is 157 Å². The van der Waals surface area contributed by atoms with Gasteiger partial charge in [0.15, 0.2) is 11.6 Å². The summed E-state index contributed by atoms with van der Waals surface area (Å²) in [5.74, 6) is -3.96. The van der Waals surface area contributed by atoms with Crippen LogP contribution in [0.2, 0.25) is 0 Å². The second kappa shape index (κ2) is 13.0. The quantitative estimate of drug-likeness (QED) is 0.321. The van der Waals surface area contributed by atoms with Crippen LogP contribution in [0, 0.1) is 17.5 Å². The van der Waals surface area contributed by atoms with Gasteiger partial charge < -0.3 is 15.3 Å². The van der Waals surface area contributed by atoms with E-state index in [-0.39, 0.29) is 42.1 Å². The van der Waals surface area contributed by atoms with Crippen LogP contribution in [-0.4, -0.2) is 72.4 Å². The van der Waals surface area contributed by atoms with Crippen LogP contribution in [0.25, 0.3) is 11.3 Å². The van der Waals surface area contributed by atoms with Gasteiger partial charge in [-0.05, 0) is 24.1 Å². The maximum Gasteiger partial charge on any atom is 0.303 e. The Bertz CT molecular complexity index is 1280. The van der Waals surface area contributed by atoms with Crippen molar-refractivity contribution in [3.05, 3.63) is 72.0 Å². The summed E-state index contributed by atoms with van der Waals surface area (Å²) in [7, 11) is 0. The van der Waals surface area contributed by atoms with Crippen LogP contribution in [0.4, 0.5) is 13.2 Å². The standard InChI is InChI=1S/C20H18F3N7O.C4H8O3/c1-12(18-16(22)5-24-8-27-18)20(31,7-30-11-26-10-29-30)15-3-2-13(21)4-14(15)19-17(23)6-25-9-28-19;5-3-1-2-4(6)7/h2-6,8-9,11-12,29,31H,7,10H2,1H3;5H,1-3H2,(H,6,7)/t12-,20+;/m0./s1. The predicted octanol–water partition coefficient (Wildman–Crippen LogP) is 1.99. The van der Waals surface area contributed by atoms with E-state index in [0.717, 1.165) is 30.9 Å². The van der Waals surface area contributed by atoms with Crippen molar-refractivity contribution in [3.8, 4) is 11.3 Å². The van der Waals surface area contributed by atoms with Crippen molar-refractivity contribution < 1.29 is 33.3 Å². The molecular formula is C24H26F3N7O4. The number of carbonyl (C=O) groups is 1. The molecule has 0 unspecified atom stereocenters. The molecule has 0 spiro atoms. The Balaban J connectivity index is 0.000000505. The minimum atomic E-state index is -1.86. The van der Waals surface area contributed by atoms with Gasteiger partial charge in [0.25, 0.3) is 0 Å². The minimum absolute atomic E-state index is 0.0138. The molecule has 202 valence electrons. The van der Waals surface area contributed by atoms with Crippen molar-refractivity contribution in [2.75, 3.05) is 19.8 Å². The number of aromatic nitrogens is 4. The molecule has 14 heteroatoms. The largest absolute Gasteiger partial charge is 0.481 e. The molecule has 0 aliphatic carbocycles. The van der Waals surface area contributed by atoms with Crippen molar-refractivity contribution in [2.45, 2.75) is 31.3 Å². The molecule has 3 aromatic rings. The van der Waals surface area contributed by atoms with Gasteiger partial charge in [0.2, 0.25) is 0 Å². The number of aliphatic imine (C=N–C) groups is 1. The van der Waals surface area contributed by atoms with E-state index in [4.69, 9.17) is 10.2 Å². The molecule has 0 saturated carbocycles. The number of aliphatic hydroxyl groups excluding tert-OH is 1. The Morgan fingerprint density at radius 1 is 1.16 bits per heavy atom. The van der Waals surface area contributed by atoms with Gasteiger partial charge in [-0.2, -0.15) is 0 Å². The van der Waals surface area contributed by atoms with E-state index in [1.165, 1.54) is 23.7 Å². The highest BCUT2D eigenvalue weighted by Crippen LogP contribution is 2.42. The van der Waals surface area contributed by atoms with Gasteiger partial charge in [0.1, 0.15) is 42.8 Å². The van der Waals surface area contributed by atoms with Gasteiger partial charge >= 0.3 is 5.97 Å². The number of carboxylic acids is 1. The maximum atomic E-state index is 14.5. The number of hydrogen-bond acceptors (Lipinski definition) is 10. The molecule has 3 heterocycles. The summed E-state index contributed by atoms with van der Waals surface area (Å²) in [6.45, 7) is 1.71. The molecule has 38 heavy (non-hydrogen) atoms. The second-order valence-corrected chi connectivity index (χ2v) is 8.27. The average Bonchev–Trinajstić information content (AvgIpc) is 3.40. The number of halogens is 3. The first kappa shape index (κ1) is 28.6. The van der Waals surface area contributed by atoms with E-state index in [9.17, 15) is 23.1 Å². The summed E-state index contributed by atoms with van der Waals surface area (Å²) in [5, 5.41) is 29.5. The molecule has 1 aliphatic heterocycles. The van der Waals surface area contributed by atoms with E-state index in [1.54, 1.807) is 6.92 Å². The Labute approximate surface area is 215 Å². The zero-order valence-corrected chi connectivity index (χ0v) is 20.3. The number of β-amino-alcohol motifs (C(OH)–C–C–N with tert-alkyl or cyclic N) is 1. The van der Waals surface area contributed by atoms with Crippen LogP contribution < -0.4 is 5.43 Å². The van der Waals surface area contributed by atoms with Crippen molar-refractivity contribution in [3.63, 3.8) is 0 Å². The number of hydrazine groups is 1. The van der Waals surface area contributed by atoms with Gasteiger partial charge in [0, 0.05) is 24.5 Å². The third-order valence-corrected chi connectivity index (χ3v) is 5.74. The lowest BCUT2D eigenvalue weighted by atomic mass is 9.77. The first-order chi connectivity index (χ1) is 18.2. The van der Waals surface area contributed by atoms with Crippen molar-refractivity contribution in [2.24, 2.45) is 4.99 Å². The van der Waals surface area contributed by atoms with Crippen LogP contribution >= 0.6 is 0 Å². The number of benzene rings is 1. The molecule has 1 aliphatic rings. The smallest absolute Gasteiger partial charge is 0.303 e. The van der Waals surface area contributed by atoms with Crippen molar-refractivity contribution in [1.29, 1.82) is 0 Å². The summed E-state index contributed by atoms with van der Waals surface area (Å²) in [5.41, 5.74) is 0.983. The summed E-state index contributed by atoms with van der Waals surface area (Å²) in [6.07, 6.45) is 6.12. The molecule has 0 fully saturated rings. The van der Waals surface area contributed by atoms with Crippen molar-refractivity contribution >= 4 is 12.3 Å². The van der Waals surface area contributed by atoms with Gasteiger partial charge in [-0.25, -0.2) is 38.5 Å². The molecule has 0 amide bonds. The van der Waals surface area contributed by atoms with E-state index in [0.29, 0.717) is 13.1 Å². The van der Waals surface area contributed by atoms with Gasteiger partial charge in [-0.1, -0.05) is 13.0 Å². The Morgan fingerprint density at radius 3 is 2.45 bits per heavy atom. The molecule has 4 rings (SSSR count). The first-order valence-electron chi connectivity index (χ1n) is 11.4. The van der Waals surface area contributed by atoms with Crippen LogP contribution in [-0.2, 0) is 10.4 Å². The fourth-order valence-corrected chi connectivity index (χ4v) is 3.82. The fourth-order valence-electron chi connectivity index (χ4n) is 3.82. The first-order valence-corrected chi connectivity index (χ1v) is 11.4. The van der Waals surface area contributed by atoms with Gasteiger partial charge in [-0.3, -0.25) is 14.8 Å². The Hall–Kier alpha value is -4.01. The van der Waals surface area contributed by atoms with Gasteiger partial charge in [-0.15, -0.1) is 0 Å². The highest BCUT2D eigenvalue weighted by molar-refractivity contribution is 5.67. The lowest BCUT2D eigenvalue weighted by Gasteiger charge is -2.38. The maximum absolute atomic E-state index is 14.5. The Kier molecular flexibility index (Phi) is 9.76.